The number of β-amino-alcohol motifs (C(OH)–C–C–N with tert-alkyl or cyclic N) is 1. The van der Waals surface area contributed by atoms with Gasteiger partial charge in [-0.15, -0.1) is 0 Å². The van der Waals surface area contributed by atoms with Gasteiger partial charge in [0, 0.05) is 150 Å². The minimum atomic E-state index is -0.891. The molecule has 2 saturated heterocycles. The first-order valence-electron chi connectivity index (χ1n) is 21.7. The number of halogens is 1. The molecule has 0 aliphatic carbocycles. The molecule has 7 N–H and O–H groups in total. The quantitative estimate of drug-likeness (QED) is 0.0212. The van der Waals surface area contributed by atoms with Gasteiger partial charge in [0.15, 0.2) is 0 Å². The second-order valence-electron chi connectivity index (χ2n) is 15.4. The number of carboxylic acids is 2. The summed E-state index contributed by atoms with van der Waals surface area (Å²) >= 11 is 4.71. The Balaban J connectivity index is 0.00000115. The molecular weight excluding hydrogens is 884 g/mol. The molecular formula is C40H77ClN8O16. The van der Waals surface area contributed by atoms with E-state index < -0.39 is 29.3 Å². The molecule has 0 amide bonds. The maximum atomic E-state index is 11.5. The number of nitrogens with zero attached hydrogens (tertiary/aromatic N) is 8. The number of ether oxygens (including phenoxy) is 1. The highest BCUT2D eigenvalue weighted by atomic mass is 35.5. The lowest BCUT2D eigenvalue weighted by Crippen LogP contribution is -2.48. The summed E-state index contributed by atoms with van der Waals surface area (Å²) in [6.07, 6.45) is 1.36. The Hall–Kier alpha value is -2.83. The summed E-state index contributed by atoms with van der Waals surface area (Å²) in [5.41, 5.74) is 0. The third kappa shape index (κ3) is 36.0. The molecule has 2 rings (SSSR count). The van der Waals surface area contributed by atoms with Gasteiger partial charge in [-0.3, -0.25) is 74.6 Å². The van der Waals surface area contributed by atoms with Gasteiger partial charge in [-0.2, -0.15) is 0 Å². The summed E-state index contributed by atoms with van der Waals surface area (Å²) < 4.78 is 5.30. The fraction of sp³-hybridized carbons (Fsp3) is 0.800. The van der Waals surface area contributed by atoms with Crippen LogP contribution in [0.1, 0.15) is 13.8 Å². The highest BCUT2D eigenvalue weighted by Crippen LogP contribution is 2.05. The second-order valence-corrected chi connectivity index (χ2v) is 15.8. The molecule has 2 unspecified atom stereocenters. The van der Waals surface area contributed by atoms with E-state index in [4.69, 9.17) is 37.4 Å². The van der Waals surface area contributed by atoms with Crippen LogP contribution in [0.5, 0.6) is 0 Å². The highest BCUT2D eigenvalue weighted by Gasteiger charge is 2.21. The van der Waals surface area contributed by atoms with Gasteiger partial charge in [-0.1, -0.05) is 13.2 Å². The van der Waals surface area contributed by atoms with Gasteiger partial charge >= 0.3 is 17.9 Å². The van der Waals surface area contributed by atoms with Gasteiger partial charge in [-0.25, -0.2) is 24.3 Å². The van der Waals surface area contributed by atoms with Crippen LogP contribution in [-0.2, 0) is 43.5 Å². The van der Waals surface area contributed by atoms with E-state index >= 15 is 0 Å². The van der Waals surface area contributed by atoms with E-state index in [1.807, 2.05) is 16.7 Å². The van der Waals surface area contributed by atoms with Crippen molar-refractivity contribution in [3.8, 4) is 0 Å². The van der Waals surface area contributed by atoms with Crippen LogP contribution in [0.4, 0.5) is 0 Å². The zero-order chi connectivity index (χ0) is 48.8. The molecule has 0 radical (unpaired) electrons. The maximum absolute atomic E-state index is 11.5. The molecule has 2 aliphatic rings. The van der Waals surface area contributed by atoms with E-state index in [-0.39, 0.29) is 45.6 Å². The summed E-state index contributed by atoms with van der Waals surface area (Å²) in [4.78, 5) is 77.0. The average Bonchev–Trinajstić information content (AvgIpc) is 3.25. The van der Waals surface area contributed by atoms with Gasteiger partial charge in [0.2, 0.25) is 5.24 Å². The molecule has 2 aliphatic heterocycles. The summed E-state index contributed by atoms with van der Waals surface area (Å²) in [6, 6.07) is 0. The summed E-state index contributed by atoms with van der Waals surface area (Å²) in [5.74, 6) is -2.24. The first kappa shape index (κ1) is 62.2. The van der Waals surface area contributed by atoms with Gasteiger partial charge in [0.1, 0.15) is 6.10 Å². The van der Waals surface area contributed by atoms with Crippen molar-refractivity contribution in [1.82, 2.24) is 39.2 Å². The first-order valence-corrected chi connectivity index (χ1v) is 22.1. The van der Waals surface area contributed by atoms with Gasteiger partial charge in [0.25, 0.3) is 0 Å². The lowest BCUT2D eigenvalue weighted by Gasteiger charge is -2.34. The van der Waals surface area contributed by atoms with Crippen molar-refractivity contribution in [2.75, 3.05) is 184 Å². The van der Waals surface area contributed by atoms with E-state index in [2.05, 4.69) is 62.1 Å². The van der Waals surface area contributed by atoms with E-state index in [1.165, 1.54) is 0 Å². The smallest absolute Gasteiger partial charge is 0.330 e. The number of aliphatic hydroxyl groups excluding tert-OH is 1. The molecule has 0 aromatic carbocycles. The Morgan fingerprint density at radius 3 is 1.00 bits per heavy atom. The van der Waals surface area contributed by atoms with Crippen LogP contribution < -0.4 is 0 Å². The summed E-state index contributed by atoms with van der Waals surface area (Å²) in [7, 11) is 0. The molecule has 25 heteroatoms. The molecule has 0 bridgehead atoms. The van der Waals surface area contributed by atoms with Crippen LogP contribution in [0.15, 0.2) is 25.3 Å². The zero-order valence-electron chi connectivity index (χ0n) is 38.3. The predicted octanol–water partition coefficient (Wildman–Crippen LogP) is -1.02. The van der Waals surface area contributed by atoms with E-state index in [0.717, 1.165) is 31.8 Å². The normalized spacial score (nSPS) is 19.3. The van der Waals surface area contributed by atoms with E-state index in [0.29, 0.717) is 124 Å². The Morgan fingerprint density at radius 2 is 0.769 bits per heavy atom. The fourth-order valence-electron chi connectivity index (χ4n) is 6.82. The zero-order valence-corrected chi connectivity index (χ0v) is 39.0. The second kappa shape index (κ2) is 40.3. The lowest BCUT2D eigenvalue weighted by molar-refractivity contribution is -0.245. The lowest BCUT2D eigenvalue weighted by atomic mass is 10.3. The van der Waals surface area contributed by atoms with Crippen molar-refractivity contribution in [3.05, 3.63) is 25.3 Å². The highest BCUT2D eigenvalue weighted by molar-refractivity contribution is 6.66. The molecule has 0 spiro atoms. The molecule has 2 atom stereocenters. The van der Waals surface area contributed by atoms with Crippen molar-refractivity contribution in [2.45, 2.75) is 26.1 Å². The molecule has 0 saturated carbocycles. The minimum Gasteiger partial charge on any atom is -0.480 e. The Labute approximate surface area is 387 Å². The van der Waals surface area contributed by atoms with Gasteiger partial charge in [0.05, 0.1) is 45.6 Å². The van der Waals surface area contributed by atoms with Gasteiger partial charge < -0.3 is 20.1 Å². The van der Waals surface area contributed by atoms with Crippen molar-refractivity contribution < 1.29 is 79.8 Å². The molecule has 2 heterocycles. The Kier molecular flexibility index (Phi) is 38.5. The molecule has 380 valence electrons. The van der Waals surface area contributed by atoms with Crippen molar-refractivity contribution in [2.24, 2.45) is 0 Å². The van der Waals surface area contributed by atoms with Crippen LogP contribution in [0.25, 0.3) is 0 Å². The van der Waals surface area contributed by atoms with E-state index in [9.17, 15) is 34.5 Å². The average molecular weight is 962 g/mol. The monoisotopic (exact) mass is 961 g/mol. The first-order chi connectivity index (χ1) is 31.1. The number of hydrogen-bond donors (Lipinski definition) is 7. The SMILES string of the molecule is C=CC(=O)Cl.C=CC(=O)OC(C)CN1CCN(CCOO)CCN(CCOO)CCN(CC(=O)O)CC1.CC(O)CN1CCN(CCOO)CCN(CCOO)CCN(CC(=O)O)CC1. The number of carbonyl (C=O) groups excluding carboxylic acids is 2. The van der Waals surface area contributed by atoms with Crippen LogP contribution in [0, 0.1) is 0 Å². The number of hydrogen-bond acceptors (Lipinski definition) is 22. The van der Waals surface area contributed by atoms with Crippen LogP contribution in [-0.4, -0.2) is 294 Å². The van der Waals surface area contributed by atoms with Crippen molar-refractivity contribution in [3.63, 3.8) is 0 Å². The number of carbonyl (C=O) groups is 4. The topological polar surface area (TPSA) is 282 Å². The van der Waals surface area contributed by atoms with Crippen molar-refractivity contribution >= 4 is 34.8 Å². The van der Waals surface area contributed by atoms with Crippen molar-refractivity contribution in [1.29, 1.82) is 0 Å². The number of aliphatic hydroxyl groups is 1. The Bertz CT molecular complexity index is 1280. The number of aliphatic carboxylic acids is 2. The largest absolute Gasteiger partial charge is 0.480 e. The molecule has 0 aromatic rings. The molecule has 2 fully saturated rings. The van der Waals surface area contributed by atoms with Crippen LogP contribution >= 0.6 is 11.6 Å². The Morgan fingerprint density at radius 1 is 0.508 bits per heavy atom. The third-order valence-corrected chi connectivity index (χ3v) is 10.4. The molecule has 0 aromatic heterocycles. The predicted molar refractivity (Wildman–Crippen MR) is 240 cm³/mol. The number of rotatable bonds is 23. The number of esters is 1. The van der Waals surface area contributed by atoms with Gasteiger partial charge in [-0.05, 0) is 31.5 Å². The van der Waals surface area contributed by atoms with Crippen LogP contribution in [0.3, 0.4) is 0 Å². The summed E-state index contributed by atoms with van der Waals surface area (Å²) in [6.45, 7) is 24.3. The standard InChI is InChI=1S/C20H38N4O8.C17H36N4O7.C3H3ClO/c1-3-20(27)32-18(2)16-23-8-6-21(12-14-30-28)4-5-22(13-15-31-29)7-9-24(11-10-23)17-19(25)26;1-16(22)14-20-6-4-18(10-12-27-25)2-3-19(11-13-28-26)5-7-21(9-8-20)15-17(23)24;1-2-3(4)5/h3,18,28-29H,1,4-17H2,2H3,(H,25,26);16,22,25-26H,2-15H2,1H3,(H,23,24);2H,1H2. The summed E-state index contributed by atoms with van der Waals surface area (Å²) in [5, 5.41) is 62.5. The number of allylic oxidation sites excluding steroid dienone is 1. The fourth-order valence-corrected chi connectivity index (χ4v) is 6.82. The number of carboxylic acid groups (broad SMARTS) is 2. The third-order valence-electron chi connectivity index (χ3n) is 10.3. The minimum absolute atomic E-state index is 0.0349. The molecule has 65 heavy (non-hydrogen) atoms. The molecule has 24 nitrogen and oxygen atoms in total. The van der Waals surface area contributed by atoms with Crippen LogP contribution in [0.2, 0.25) is 0 Å². The van der Waals surface area contributed by atoms with E-state index in [1.54, 1.807) is 6.92 Å². The maximum Gasteiger partial charge on any atom is 0.330 e.